The minimum atomic E-state index is -1.08. The molecule has 0 atom stereocenters. The molecule has 0 heterocycles. The number of urea groups is 1. The molecule has 1 rings (SSSR count). The molecule has 6 heteroatoms. The first-order chi connectivity index (χ1) is 8.54. The highest BCUT2D eigenvalue weighted by Gasteiger charge is 2.12. The fourth-order valence-corrected chi connectivity index (χ4v) is 1.71. The van der Waals surface area contributed by atoms with E-state index in [1.165, 1.54) is 6.07 Å². The number of rotatable bonds is 5. The third-order valence-corrected chi connectivity index (χ3v) is 2.77. The molecule has 5 nitrogen and oxygen atoms in total. The van der Waals surface area contributed by atoms with E-state index in [1.807, 2.05) is 6.92 Å². The lowest BCUT2D eigenvalue weighted by molar-refractivity contribution is 0.0698. The van der Waals surface area contributed by atoms with E-state index in [2.05, 4.69) is 26.6 Å². The summed E-state index contributed by atoms with van der Waals surface area (Å²) in [5.74, 6) is -1.08. The number of unbranched alkanes of at least 4 members (excludes halogenated alkanes) is 1. The van der Waals surface area contributed by atoms with Gasteiger partial charge in [0, 0.05) is 11.0 Å². The maximum atomic E-state index is 11.5. The zero-order valence-electron chi connectivity index (χ0n) is 10.00. The van der Waals surface area contributed by atoms with Gasteiger partial charge >= 0.3 is 12.0 Å². The van der Waals surface area contributed by atoms with Crippen LogP contribution in [0.1, 0.15) is 30.1 Å². The van der Waals surface area contributed by atoms with Gasteiger partial charge in [-0.25, -0.2) is 9.59 Å². The number of carboxylic acids is 1. The van der Waals surface area contributed by atoms with E-state index in [-0.39, 0.29) is 11.3 Å². The number of carbonyl (C=O) groups excluding carboxylic acids is 1. The van der Waals surface area contributed by atoms with E-state index in [0.29, 0.717) is 11.0 Å². The van der Waals surface area contributed by atoms with E-state index in [1.54, 1.807) is 12.1 Å². The van der Waals surface area contributed by atoms with Crippen molar-refractivity contribution in [1.82, 2.24) is 5.32 Å². The number of hydrogen-bond acceptors (Lipinski definition) is 2. The molecule has 98 valence electrons. The predicted octanol–water partition coefficient (Wildman–Crippen LogP) is 3.07. The number of hydrogen-bond donors (Lipinski definition) is 3. The second-order valence-corrected chi connectivity index (χ2v) is 4.65. The van der Waals surface area contributed by atoms with Crippen molar-refractivity contribution in [2.45, 2.75) is 19.8 Å². The van der Waals surface area contributed by atoms with Crippen molar-refractivity contribution in [2.24, 2.45) is 0 Å². The van der Waals surface area contributed by atoms with E-state index in [4.69, 9.17) is 5.11 Å². The smallest absolute Gasteiger partial charge is 0.337 e. The average molecular weight is 315 g/mol. The zero-order valence-corrected chi connectivity index (χ0v) is 11.6. The maximum Gasteiger partial charge on any atom is 0.337 e. The summed E-state index contributed by atoms with van der Waals surface area (Å²) in [5.41, 5.74) is 0.328. The SMILES string of the molecule is CCCCNC(=O)Nc1cc(Br)ccc1C(=O)O. The quantitative estimate of drug-likeness (QED) is 0.731. The summed E-state index contributed by atoms with van der Waals surface area (Å²) in [4.78, 5) is 22.5. The largest absolute Gasteiger partial charge is 0.478 e. The average Bonchev–Trinajstić information content (AvgIpc) is 2.29. The van der Waals surface area contributed by atoms with Crippen LogP contribution in [0.3, 0.4) is 0 Å². The van der Waals surface area contributed by atoms with Crippen LogP contribution in [0.15, 0.2) is 22.7 Å². The Hall–Kier alpha value is -1.56. The number of amides is 2. The van der Waals surface area contributed by atoms with E-state index in [0.717, 1.165) is 12.8 Å². The molecule has 0 saturated heterocycles. The second-order valence-electron chi connectivity index (χ2n) is 3.73. The van der Waals surface area contributed by atoms with Gasteiger partial charge in [-0.05, 0) is 24.6 Å². The molecule has 2 amide bonds. The van der Waals surface area contributed by atoms with Gasteiger partial charge in [0.15, 0.2) is 0 Å². The standard InChI is InChI=1S/C12H15BrN2O3/c1-2-3-6-14-12(18)15-10-7-8(13)4-5-9(10)11(16)17/h4-5,7H,2-3,6H2,1H3,(H,16,17)(H2,14,15,18). The van der Waals surface area contributed by atoms with Gasteiger partial charge in [-0.2, -0.15) is 0 Å². The van der Waals surface area contributed by atoms with Crippen LogP contribution in [0, 0.1) is 0 Å². The molecule has 0 saturated carbocycles. The molecule has 1 aromatic carbocycles. The van der Waals surface area contributed by atoms with Crippen LogP contribution in [0.2, 0.25) is 0 Å². The lowest BCUT2D eigenvalue weighted by Crippen LogP contribution is -2.30. The summed E-state index contributed by atoms with van der Waals surface area (Å²) in [6.45, 7) is 2.59. The number of carbonyl (C=O) groups is 2. The van der Waals surface area contributed by atoms with Crippen molar-refractivity contribution >= 4 is 33.6 Å². The van der Waals surface area contributed by atoms with Gasteiger partial charge in [0.05, 0.1) is 11.3 Å². The highest BCUT2D eigenvalue weighted by Crippen LogP contribution is 2.21. The van der Waals surface area contributed by atoms with Gasteiger partial charge < -0.3 is 15.7 Å². The molecule has 0 spiro atoms. The Kier molecular flexibility index (Phi) is 5.64. The lowest BCUT2D eigenvalue weighted by Gasteiger charge is -2.10. The van der Waals surface area contributed by atoms with Crippen molar-refractivity contribution in [2.75, 3.05) is 11.9 Å². The fourth-order valence-electron chi connectivity index (χ4n) is 1.35. The molecule has 0 aliphatic heterocycles. The molecule has 0 unspecified atom stereocenters. The third-order valence-electron chi connectivity index (χ3n) is 2.28. The number of aromatic carboxylic acids is 1. The van der Waals surface area contributed by atoms with Gasteiger partial charge in [-0.3, -0.25) is 0 Å². The van der Waals surface area contributed by atoms with Crippen molar-refractivity contribution in [3.05, 3.63) is 28.2 Å². The highest BCUT2D eigenvalue weighted by atomic mass is 79.9. The summed E-state index contributed by atoms with van der Waals surface area (Å²) >= 11 is 3.23. The molecule has 0 aromatic heterocycles. The summed E-state index contributed by atoms with van der Waals surface area (Å²) in [6, 6.07) is 4.21. The maximum absolute atomic E-state index is 11.5. The summed E-state index contributed by atoms with van der Waals surface area (Å²) in [7, 11) is 0. The van der Waals surface area contributed by atoms with Crippen molar-refractivity contribution in [3.63, 3.8) is 0 Å². The van der Waals surface area contributed by atoms with Crippen molar-refractivity contribution < 1.29 is 14.7 Å². The van der Waals surface area contributed by atoms with Crippen molar-refractivity contribution in [1.29, 1.82) is 0 Å². The van der Waals surface area contributed by atoms with Crippen LogP contribution in [0.25, 0.3) is 0 Å². The lowest BCUT2D eigenvalue weighted by atomic mass is 10.2. The van der Waals surface area contributed by atoms with Crippen LogP contribution >= 0.6 is 15.9 Å². The molecular formula is C12H15BrN2O3. The van der Waals surface area contributed by atoms with Gasteiger partial charge in [0.2, 0.25) is 0 Å². The van der Waals surface area contributed by atoms with Crippen LogP contribution < -0.4 is 10.6 Å². The van der Waals surface area contributed by atoms with Crippen LogP contribution in [0.5, 0.6) is 0 Å². The van der Waals surface area contributed by atoms with Crippen LogP contribution in [-0.2, 0) is 0 Å². The summed E-state index contributed by atoms with van der Waals surface area (Å²) in [5, 5.41) is 14.2. The minimum absolute atomic E-state index is 0.0591. The second kappa shape index (κ2) is 7.00. The molecule has 0 aliphatic carbocycles. The molecule has 0 aliphatic rings. The van der Waals surface area contributed by atoms with E-state index in [9.17, 15) is 9.59 Å². The predicted molar refractivity (Wildman–Crippen MR) is 73.0 cm³/mol. The summed E-state index contributed by atoms with van der Waals surface area (Å²) < 4.78 is 0.705. The molecule has 0 fully saturated rings. The number of carboxylic acid groups (broad SMARTS) is 1. The summed E-state index contributed by atoms with van der Waals surface area (Å²) in [6.07, 6.45) is 1.87. The fraction of sp³-hybridized carbons (Fsp3) is 0.333. The van der Waals surface area contributed by atoms with Crippen molar-refractivity contribution in [3.8, 4) is 0 Å². The van der Waals surface area contributed by atoms with Gasteiger partial charge in [0.25, 0.3) is 0 Å². The molecule has 0 bridgehead atoms. The first-order valence-electron chi connectivity index (χ1n) is 5.62. The topological polar surface area (TPSA) is 78.4 Å². The molecule has 3 N–H and O–H groups in total. The molecule has 1 aromatic rings. The highest BCUT2D eigenvalue weighted by molar-refractivity contribution is 9.10. The van der Waals surface area contributed by atoms with E-state index < -0.39 is 12.0 Å². The number of benzene rings is 1. The molecular weight excluding hydrogens is 300 g/mol. The first kappa shape index (κ1) is 14.5. The normalized spacial score (nSPS) is 9.89. The van der Waals surface area contributed by atoms with Crippen LogP contribution in [0.4, 0.5) is 10.5 Å². The Morgan fingerprint density at radius 3 is 2.72 bits per heavy atom. The number of anilines is 1. The molecule has 0 radical (unpaired) electrons. The Morgan fingerprint density at radius 2 is 2.11 bits per heavy atom. The zero-order chi connectivity index (χ0) is 13.5. The first-order valence-corrected chi connectivity index (χ1v) is 6.41. The Balaban J connectivity index is 2.73. The van der Waals surface area contributed by atoms with Crippen LogP contribution in [-0.4, -0.2) is 23.7 Å². The van der Waals surface area contributed by atoms with E-state index >= 15 is 0 Å². The monoisotopic (exact) mass is 314 g/mol. The van der Waals surface area contributed by atoms with Gasteiger partial charge in [-0.15, -0.1) is 0 Å². The Labute approximate surface area is 114 Å². The Bertz CT molecular complexity index is 449. The van der Waals surface area contributed by atoms with Gasteiger partial charge in [0.1, 0.15) is 0 Å². The molecule has 18 heavy (non-hydrogen) atoms. The number of halogens is 1. The Morgan fingerprint density at radius 1 is 1.39 bits per heavy atom. The van der Waals surface area contributed by atoms with Gasteiger partial charge in [-0.1, -0.05) is 29.3 Å². The number of nitrogens with one attached hydrogen (secondary N) is 2. The minimum Gasteiger partial charge on any atom is -0.478 e. The third kappa shape index (κ3) is 4.37.